The van der Waals surface area contributed by atoms with Gasteiger partial charge in [0.1, 0.15) is 5.39 Å². The van der Waals surface area contributed by atoms with Crippen LogP contribution in [-0.2, 0) is 6.54 Å². The predicted molar refractivity (Wildman–Crippen MR) is 159 cm³/mol. The van der Waals surface area contributed by atoms with Crippen molar-refractivity contribution in [3.05, 3.63) is 76.0 Å². The molecule has 5 rings (SSSR count). The minimum atomic E-state index is -0.262. The van der Waals surface area contributed by atoms with Gasteiger partial charge in [-0.25, -0.2) is 19.0 Å². The Bertz CT molecular complexity index is 1640. The summed E-state index contributed by atoms with van der Waals surface area (Å²) in [6.07, 6.45) is 5.38. The van der Waals surface area contributed by atoms with Crippen molar-refractivity contribution in [1.82, 2.24) is 34.0 Å². The van der Waals surface area contributed by atoms with Crippen molar-refractivity contribution in [2.45, 2.75) is 51.7 Å². The molecule has 4 heterocycles. The Hall–Kier alpha value is -4.25. The molecule has 11 heteroatoms. The number of aromatic nitrogens is 6. The summed E-state index contributed by atoms with van der Waals surface area (Å²) in [6, 6.07) is 11.1. The molecule has 40 heavy (non-hydrogen) atoms. The van der Waals surface area contributed by atoms with Crippen LogP contribution in [0.1, 0.15) is 39.7 Å². The lowest BCUT2D eigenvalue weighted by atomic mass is 9.88. The fraction of sp³-hybridized carbons (Fsp3) is 0.414. The van der Waals surface area contributed by atoms with Crippen molar-refractivity contribution >= 4 is 28.4 Å². The Balaban J connectivity index is 1.44. The topological polar surface area (TPSA) is 106 Å². The lowest BCUT2D eigenvalue weighted by molar-refractivity contribution is 0.137. The Morgan fingerprint density at radius 2 is 1.80 bits per heavy atom. The summed E-state index contributed by atoms with van der Waals surface area (Å²) < 4.78 is 4.49. The number of piperidine rings is 1. The van der Waals surface area contributed by atoms with Gasteiger partial charge in [-0.15, -0.1) is 11.7 Å². The first-order valence-electron chi connectivity index (χ1n) is 13.6. The minimum Gasteiger partial charge on any atom is -0.371 e. The van der Waals surface area contributed by atoms with Gasteiger partial charge in [-0.3, -0.25) is 9.59 Å². The molecule has 1 N–H and O–H groups in total. The number of nitrogens with zero attached hydrogens (tertiary/aromatic N) is 8. The van der Waals surface area contributed by atoms with E-state index in [0.717, 1.165) is 31.6 Å². The second kappa shape index (κ2) is 10.7. The number of hydrogen-bond donors (Lipinski definition) is 1. The zero-order chi connectivity index (χ0) is 28.6. The fourth-order valence-electron chi connectivity index (χ4n) is 5.09. The lowest BCUT2D eigenvalue weighted by Crippen LogP contribution is -2.50. The number of hydrogen-bond acceptors (Lipinski definition) is 8. The van der Waals surface area contributed by atoms with Crippen LogP contribution in [0.2, 0.25) is 0 Å². The molecule has 11 nitrogen and oxygen atoms in total. The van der Waals surface area contributed by atoms with Crippen molar-refractivity contribution in [2.24, 2.45) is 0 Å². The largest absolute Gasteiger partial charge is 0.371 e. The van der Waals surface area contributed by atoms with Crippen LogP contribution in [0.3, 0.4) is 0 Å². The van der Waals surface area contributed by atoms with Crippen molar-refractivity contribution in [2.75, 3.05) is 37.4 Å². The average molecular weight is 544 g/mol. The van der Waals surface area contributed by atoms with Gasteiger partial charge in [0, 0.05) is 42.3 Å². The van der Waals surface area contributed by atoms with Crippen LogP contribution in [0.5, 0.6) is 0 Å². The molecular weight excluding hydrogens is 506 g/mol. The molecule has 0 aliphatic carbocycles. The maximum atomic E-state index is 13.2. The Labute approximate surface area is 233 Å². The first kappa shape index (κ1) is 27.3. The molecule has 1 fully saturated rings. The molecule has 210 valence electrons. The Morgan fingerprint density at radius 3 is 2.42 bits per heavy atom. The smallest absolute Gasteiger partial charge is 0.278 e. The van der Waals surface area contributed by atoms with Crippen LogP contribution in [-0.4, -0.2) is 66.7 Å². The second-order valence-electron chi connectivity index (χ2n) is 11.0. The fourth-order valence-corrected chi connectivity index (χ4v) is 5.09. The van der Waals surface area contributed by atoms with Crippen LogP contribution >= 0.6 is 0 Å². The summed E-state index contributed by atoms with van der Waals surface area (Å²) >= 11 is 0. The zero-order valence-corrected chi connectivity index (χ0v) is 23.8. The van der Waals surface area contributed by atoms with E-state index in [1.165, 1.54) is 27.3 Å². The molecule has 0 atom stereocenters. The molecule has 0 bridgehead atoms. The summed E-state index contributed by atoms with van der Waals surface area (Å²) in [5.74, 6) is 0.754. The number of fused-ring (bicyclic) bond motifs is 1. The van der Waals surface area contributed by atoms with E-state index in [1.807, 2.05) is 26.0 Å². The van der Waals surface area contributed by atoms with Gasteiger partial charge in [0.25, 0.3) is 11.1 Å². The average Bonchev–Trinajstić information content (AvgIpc) is 3.20. The van der Waals surface area contributed by atoms with Gasteiger partial charge in [0.05, 0.1) is 12.6 Å². The van der Waals surface area contributed by atoms with Gasteiger partial charge in [-0.05, 0) is 78.0 Å². The molecule has 1 aliphatic heterocycles. The SMILES string of the molecule is C=CCn1c(=O)c2cnc(Nc3ccc(N4CCC(C)(N(C)C)CC4)cc3)nc2n1-c1ccc(=O)n(C(C)C)n1. The van der Waals surface area contributed by atoms with Crippen molar-refractivity contribution in [3.8, 4) is 5.82 Å². The third-order valence-electron chi connectivity index (χ3n) is 7.90. The maximum absolute atomic E-state index is 13.2. The van der Waals surface area contributed by atoms with Gasteiger partial charge in [-0.2, -0.15) is 4.98 Å². The number of anilines is 3. The molecule has 0 amide bonds. The molecule has 1 aliphatic rings. The van der Waals surface area contributed by atoms with E-state index in [1.54, 1.807) is 16.8 Å². The van der Waals surface area contributed by atoms with Gasteiger partial charge >= 0.3 is 0 Å². The highest BCUT2D eigenvalue weighted by Gasteiger charge is 2.31. The third kappa shape index (κ3) is 5.04. The van der Waals surface area contributed by atoms with E-state index in [4.69, 9.17) is 4.98 Å². The van der Waals surface area contributed by atoms with Crippen LogP contribution < -0.4 is 21.3 Å². The van der Waals surface area contributed by atoms with E-state index in [9.17, 15) is 9.59 Å². The molecule has 0 unspecified atom stereocenters. The summed E-state index contributed by atoms with van der Waals surface area (Å²) in [4.78, 5) is 39.4. The highest BCUT2D eigenvalue weighted by molar-refractivity contribution is 5.77. The minimum absolute atomic E-state index is 0.147. The van der Waals surface area contributed by atoms with E-state index >= 15 is 0 Å². The highest BCUT2D eigenvalue weighted by Crippen LogP contribution is 2.30. The van der Waals surface area contributed by atoms with E-state index in [-0.39, 0.29) is 29.2 Å². The van der Waals surface area contributed by atoms with Crippen LogP contribution in [0.25, 0.3) is 16.9 Å². The third-order valence-corrected chi connectivity index (χ3v) is 7.90. The zero-order valence-electron chi connectivity index (χ0n) is 23.8. The van der Waals surface area contributed by atoms with Crippen molar-refractivity contribution in [1.29, 1.82) is 0 Å². The molecular formula is C29H37N9O2. The van der Waals surface area contributed by atoms with Gasteiger partial charge in [0.15, 0.2) is 11.5 Å². The molecule has 3 aromatic heterocycles. The van der Waals surface area contributed by atoms with Crippen LogP contribution in [0.15, 0.2) is 64.8 Å². The molecule has 4 aromatic rings. The standard InChI is InChI=1S/C29H37N9O2/c1-7-16-36-27(40)23-19-30-28(32-26(23)38(36)24-12-13-25(39)37(33-24)20(2)3)31-21-8-10-22(11-9-21)35-17-14-29(4,15-18-35)34(5)6/h7-13,19-20H,1,14-18H2,2-6H3,(H,30,31,32). The van der Waals surface area contributed by atoms with Crippen molar-refractivity contribution < 1.29 is 0 Å². The highest BCUT2D eigenvalue weighted by atomic mass is 16.1. The predicted octanol–water partition coefficient (Wildman–Crippen LogP) is 3.57. The first-order valence-corrected chi connectivity index (χ1v) is 13.6. The Kier molecular flexibility index (Phi) is 7.33. The molecule has 1 aromatic carbocycles. The monoisotopic (exact) mass is 543 g/mol. The normalized spacial score (nSPS) is 15.2. The maximum Gasteiger partial charge on any atom is 0.278 e. The quantitative estimate of drug-likeness (QED) is 0.336. The Morgan fingerprint density at radius 1 is 1.10 bits per heavy atom. The summed E-state index contributed by atoms with van der Waals surface area (Å²) in [5, 5.41) is 8.13. The summed E-state index contributed by atoms with van der Waals surface area (Å²) in [5.41, 5.74) is 2.17. The number of allylic oxidation sites excluding steroid dienone is 1. The number of nitrogens with one attached hydrogen (secondary N) is 1. The van der Waals surface area contributed by atoms with E-state index < -0.39 is 0 Å². The number of benzene rings is 1. The molecule has 0 spiro atoms. The van der Waals surface area contributed by atoms with Crippen molar-refractivity contribution in [3.63, 3.8) is 0 Å². The number of rotatable bonds is 8. The molecule has 0 radical (unpaired) electrons. The van der Waals surface area contributed by atoms with Gasteiger partial charge in [-0.1, -0.05) is 6.08 Å². The van der Waals surface area contributed by atoms with Gasteiger partial charge < -0.3 is 15.1 Å². The summed E-state index contributed by atoms with van der Waals surface area (Å²) in [7, 11) is 4.31. The van der Waals surface area contributed by atoms with E-state index in [0.29, 0.717) is 22.8 Å². The first-order chi connectivity index (χ1) is 19.1. The van der Waals surface area contributed by atoms with E-state index in [2.05, 4.69) is 64.9 Å². The lowest BCUT2D eigenvalue weighted by Gasteiger charge is -2.44. The molecule has 0 saturated carbocycles. The molecule has 1 saturated heterocycles. The van der Waals surface area contributed by atoms with Gasteiger partial charge in [0.2, 0.25) is 5.95 Å². The second-order valence-corrected chi connectivity index (χ2v) is 11.0. The summed E-state index contributed by atoms with van der Waals surface area (Å²) in [6.45, 7) is 12.1. The van der Waals surface area contributed by atoms with Crippen LogP contribution in [0.4, 0.5) is 17.3 Å². The van der Waals surface area contributed by atoms with Crippen LogP contribution in [0, 0.1) is 0 Å².